The molecule has 0 aliphatic heterocycles. The smallest absolute Gasteiger partial charge is 0.0882 e. The number of aliphatic hydroxyl groups excluding tert-OH is 3. The lowest BCUT2D eigenvalue weighted by Crippen LogP contribution is -2.55. The molecule has 1 heterocycles. The van der Waals surface area contributed by atoms with Gasteiger partial charge >= 0.3 is 0 Å². The van der Waals surface area contributed by atoms with Crippen molar-refractivity contribution in [1.29, 1.82) is 0 Å². The van der Waals surface area contributed by atoms with Crippen molar-refractivity contribution in [2.45, 2.75) is 12.1 Å². The molecule has 0 aliphatic rings. The minimum Gasteiger partial charge on any atom is -0.394 e. The van der Waals surface area contributed by atoms with Gasteiger partial charge in [-0.1, -0.05) is 0 Å². The Morgan fingerprint density at radius 3 is 2.33 bits per heavy atom. The molecule has 6 heteroatoms. The van der Waals surface area contributed by atoms with Gasteiger partial charge in [-0.15, -0.1) is 0 Å². The van der Waals surface area contributed by atoms with Gasteiger partial charge in [0, 0.05) is 18.9 Å². The van der Waals surface area contributed by atoms with E-state index in [9.17, 15) is 0 Å². The van der Waals surface area contributed by atoms with Crippen LogP contribution in [0.4, 0.5) is 0 Å². The van der Waals surface area contributed by atoms with E-state index in [-0.39, 0.29) is 19.8 Å². The summed E-state index contributed by atoms with van der Waals surface area (Å²) >= 11 is 0. The SMILES string of the molecule is OCC(CO)(CO)NCCn1cccn1. The van der Waals surface area contributed by atoms with E-state index >= 15 is 0 Å². The Hall–Kier alpha value is -0.950. The molecule has 86 valence electrons. The molecule has 0 spiro atoms. The van der Waals surface area contributed by atoms with Crippen molar-refractivity contribution >= 4 is 0 Å². The zero-order valence-corrected chi connectivity index (χ0v) is 8.50. The van der Waals surface area contributed by atoms with Crippen molar-refractivity contribution in [3.05, 3.63) is 18.5 Å². The summed E-state index contributed by atoms with van der Waals surface area (Å²) in [5.41, 5.74) is -1.01. The summed E-state index contributed by atoms with van der Waals surface area (Å²) in [7, 11) is 0. The normalized spacial score (nSPS) is 11.9. The highest BCUT2D eigenvalue weighted by Gasteiger charge is 2.26. The van der Waals surface area contributed by atoms with Crippen LogP contribution in [0, 0.1) is 0 Å². The van der Waals surface area contributed by atoms with E-state index in [0.717, 1.165) is 0 Å². The van der Waals surface area contributed by atoms with Crippen LogP contribution in [0.3, 0.4) is 0 Å². The van der Waals surface area contributed by atoms with E-state index in [0.29, 0.717) is 13.1 Å². The summed E-state index contributed by atoms with van der Waals surface area (Å²) in [5, 5.41) is 34.0. The molecule has 0 amide bonds. The molecule has 0 aliphatic carbocycles. The van der Waals surface area contributed by atoms with Crippen LogP contribution in [0.5, 0.6) is 0 Å². The maximum absolute atomic E-state index is 9.03. The number of rotatable bonds is 7. The zero-order chi connectivity index (χ0) is 11.1. The maximum atomic E-state index is 9.03. The first-order chi connectivity index (χ1) is 7.26. The van der Waals surface area contributed by atoms with Gasteiger partial charge in [-0.05, 0) is 6.07 Å². The first-order valence-corrected chi connectivity index (χ1v) is 4.81. The Bertz CT molecular complexity index is 251. The molecule has 1 aromatic heterocycles. The number of hydrogen-bond donors (Lipinski definition) is 4. The highest BCUT2D eigenvalue weighted by molar-refractivity contribution is 4.86. The minimum absolute atomic E-state index is 0.306. The second kappa shape index (κ2) is 5.82. The first kappa shape index (κ1) is 12.1. The molecule has 1 rings (SSSR count). The zero-order valence-electron chi connectivity index (χ0n) is 8.50. The number of aliphatic hydroxyl groups is 3. The van der Waals surface area contributed by atoms with Crippen LogP contribution < -0.4 is 5.32 Å². The van der Waals surface area contributed by atoms with E-state index in [4.69, 9.17) is 15.3 Å². The summed E-state index contributed by atoms with van der Waals surface area (Å²) in [6.07, 6.45) is 3.50. The molecule has 0 atom stereocenters. The lowest BCUT2D eigenvalue weighted by atomic mass is 10.0. The van der Waals surface area contributed by atoms with Gasteiger partial charge in [-0.2, -0.15) is 5.10 Å². The number of nitrogens with zero attached hydrogens (tertiary/aromatic N) is 2. The molecule has 1 aromatic rings. The topological polar surface area (TPSA) is 90.5 Å². The van der Waals surface area contributed by atoms with Crippen molar-refractivity contribution in [1.82, 2.24) is 15.1 Å². The molecule has 0 unspecified atom stereocenters. The Labute approximate surface area is 88.2 Å². The standard InChI is InChI=1S/C9H17N3O3/c13-6-9(7-14,8-15)10-3-5-12-4-1-2-11-12/h1-2,4,10,13-15H,3,5-8H2. The lowest BCUT2D eigenvalue weighted by molar-refractivity contribution is 0.0420. The van der Waals surface area contributed by atoms with Gasteiger partial charge in [-0.3, -0.25) is 4.68 Å². The fourth-order valence-corrected chi connectivity index (χ4v) is 1.19. The molecule has 4 N–H and O–H groups in total. The van der Waals surface area contributed by atoms with Gasteiger partial charge < -0.3 is 20.6 Å². The molecule has 0 radical (unpaired) electrons. The minimum atomic E-state index is -1.01. The Balaban J connectivity index is 2.34. The summed E-state index contributed by atoms with van der Waals surface area (Å²) in [5.74, 6) is 0. The number of aromatic nitrogens is 2. The van der Waals surface area contributed by atoms with E-state index in [2.05, 4.69) is 10.4 Å². The summed E-state index contributed by atoms with van der Waals surface area (Å²) in [6.45, 7) is 0.218. The third-order valence-corrected chi connectivity index (χ3v) is 2.31. The van der Waals surface area contributed by atoms with Crippen molar-refractivity contribution in [3.8, 4) is 0 Å². The van der Waals surface area contributed by atoms with Gasteiger partial charge in [0.05, 0.1) is 31.9 Å². The van der Waals surface area contributed by atoms with E-state index in [1.165, 1.54) is 0 Å². The third kappa shape index (κ3) is 3.28. The van der Waals surface area contributed by atoms with E-state index in [1.807, 2.05) is 12.3 Å². The van der Waals surface area contributed by atoms with E-state index in [1.54, 1.807) is 10.9 Å². The summed E-state index contributed by atoms with van der Waals surface area (Å²) in [6, 6.07) is 1.82. The van der Waals surface area contributed by atoms with Crippen LogP contribution in [0.1, 0.15) is 0 Å². The molecule has 15 heavy (non-hydrogen) atoms. The lowest BCUT2D eigenvalue weighted by Gasteiger charge is -2.28. The molecule has 0 fully saturated rings. The van der Waals surface area contributed by atoms with Crippen LogP contribution in [0.25, 0.3) is 0 Å². The molecule has 0 aromatic carbocycles. The number of hydrogen-bond acceptors (Lipinski definition) is 5. The first-order valence-electron chi connectivity index (χ1n) is 4.81. The Kier molecular flexibility index (Phi) is 4.70. The molecular weight excluding hydrogens is 198 g/mol. The molecule has 0 saturated heterocycles. The van der Waals surface area contributed by atoms with Gasteiger partial charge in [-0.25, -0.2) is 0 Å². The molecule has 0 bridgehead atoms. The predicted molar refractivity (Wildman–Crippen MR) is 54.2 cm³/mol. The largest absolute Gasteiger partial charge is 0.394 e. The van der Waals surface area contributed by atoms with Crippen LogP contribution in [0.2, 0.25) is 0 Å². The number of nitrogens with one attached hydrogen (secondary N) is 1. The van der Waals surface area contributed by atoms with Crippen molar-refractivity contribution in [3.63, 3.8) is 0 Å². The highest BCUT2D eigenvalue weighted by atomic mass is 16.3. The monoisotopic (exact) mass is 215 g/mol. The maximum Gasteiger partial charge on any atom is 0.0882 e. The third-order valence-electron chi connectivity index (χ3n) is 2.31. The fourth-order valence-electron chi connectivity index (χ4n) is 1.19. The van der Waals surface area contributed by atoms with Crippen molar-refractivity contribution in [2.75, 3.05) is 26.4 Å². The van der Waals surface area contributed by atoms with Gasteiger partial charge in [0.2, 0.25) is 0 Å². The fraction of sp³-hybridized carbons (Fsp3) is 0.667. The van der Waals surface area contributed by atoms with Crippen LogP contribution in [-0.2, 0) is 6.54 Å². The average Bonchev–Trinajstić information content (AvgIpc) is 2.78. The Morgan fingerprint density at radius 2 is 1.87 bits per heavy atom. The van der Waals surface area contributed by atoms with Crippen LogP contribution in [-0.4, -0.2) is 57.0 Å². The van der Waals surface area contributed by atoms with Gasteiger partial charge in [0.25, 0.3) is 0 Å². The van der Waals surface area contributed by atoms with Crippen LogP contribution in [0.15, 0.2) is 18.5 Å². The summed E-state index contributed by atoms with van der Waals surface area (Å²) < 4.78 is 1.73. The van der Waals surface area contributed by atoms with Gasteiger partial charge in [0.1, 0.15) is 0 Å². The van der Waals surface area contributed by atoms with Crippen LogP contribution >= 0.6 is 0 Å². The predicted octanol–water partition coefficient (Wildman–Crippen LogP) is -1.81. The molecule has 0 saturated carbocycles. The second-order valence-corrected chi connectivity index (χ2v) is 3.45. The van der Waals surface area contributed by atoms with Gasteiger partial charge in [0.15, 0.2) is 0 Å². The quantitative estimate of drug-likeness (QED) is 0.430. The summed E-state index contributed by atoms with van der Waals surface area (Å²) in [4.78, 5) is 0. The van der Waals surface area contributed by atoms with Crippen molar-refractivity contribution in [2.24, 2.45) is 0 Å². The van der Waals surface area contributed by atoms with Crippen molar-refractivity contribution < 1.29 is 15.3 Å². The van der Waals surface area contributed by atoms with E-state index < -0.39 is 5.54 Å². The average molecular weight is 215 g/mol. The second-order valence-electron chi connectivity index (χ2n) is 3.45. The highest BCUT2D eigenvalue weighted by Crippen LogP contribution is 2.00. The molecular formula is C9H17N3O3. The Morgan fingerprint density at radius 1 is 1.20 bits per heavy atom. The molecule has 6 nitrogen and oxygen atoms in total.